The highest BCUT2D eigenvalue weighted by Gasteiger charge is 2.38. The summed E-state index contributed by atoms with van der Waals surface area (Å²) >= 11 is 10.4. The van der Waals surface area contributed by atoms with Crippen LogP contribution in [0.5, 0.6) is 0 Å². The smallest absolute Gasteiger partial charge is 0.269 e. The molecular formula is C3HCl2NO. The zero-order valence-corrected chi connectivity index (χ0v) is 4.70. The monoisotopic (exact) mass is 137 g/mol. The predicted octanol–water partition coefficient (Wildman–Crippen LogP) is 0.771. The van der Waals surface area contributed by atoms with Gasteiger partial charge in [0.15, 0.2) is 0 Å². The van der Waals surface area contributed by atoms with Crippen molar-refractivity contribution in [3.63, 3.8) is 0 Å². The minimum absolute atomic E-state index is 0.476. The molecule has 0 aromatic carbocycles. The highest BCUT2D eigenvalue weighted by atomic mass is 35.5. The topological polar surface area (TPSA) is 29.4 Å². The number of alkyl halides is 2. The Kier molecular flexibility index (Phi) is 0.869. The molecule has 0 spiro atoms. The second kappa shape index (κ2) is 1.20. The first-order valence-corrected chi connectivity index (χ1v) is 2.36. The molecule has 0 saturated carbocycles. The largest absolute Gasteiger partial charge is 0.287 e. The van der Waals surface area contributed by atoms with E-state index < -0.39 is 10.2 Å². The van der Waals surface area contributed by atoms with Gasteiger partial charge in [0, 0.05) is 0 Å². The van der Waals surface area contributed by atoms with Crippen LogP contribution in [0.4, 0.5) is 0 Å². The number of rotatable bonds is 0. The molecule has 1 amide bonds. The van der Waals surface area contributed by atoms with E-state index in [1.807, 2.05) is 0 Å². The maximum atomic E-state index is 10.1. The molecule has 38 valence electrons. The summed E-state index contributed by atoms with van der Waals surface area (Å²) in [6, 6.07) is 0. The number of halogens is 2. The summed E-state index contributed by atoms with van der Waals surface area (Å²) in [5.74, 6) is -0.476. The van der Waals surface area contributed by atoms with Gasteiger partial charge in [-0.05, 0) is 0 Å². The third kappa shape index (κ3) is 0.640. The van der Waals surface area contributed by atoms with Crippen molar-refractivity contribution in [2.45, 2.75) is 4.33 Å². The van der Waals surface area contributed by atoms with Crippen molar-refractivity contribution < 1.29 is 4.79 Å². The van der Waals surface area contributed by atoms with Crippen LogP contribution in [0.1, 0.15) is 0 Å². The average molecular weight is 138 g/mol. The number of hydrogen-bond donors (Lipinski definition) is 0. The molecular weight excluding hydrogens is 137 g/mol. The van der Waals surface area contributed by atoms with Crippen LogP contribution in [0.3, 0.4) is 0 Å². The van der Waals surface area contributed by atoms with Gasteiger partial charge in [-0.2, -0.15) is 0 Å². The first-order valence-electron chi connectivity index (χ1n) is 1.60. The lowest BCUT2D eigenvalue weighted by Gasteiger charge is -2.15. The molecule has 4 heteroatoms. The van der Waals surface area contributed by atoms with Crippen LogP contribution in [0.2, 0.25) is 0 Å². The quantitative estimate of drug-likeness (QED) is 0.454. The molecule has 1 aliphatic rings. The second-order valence-electron chi connectivity index (χ2n) is 1.19. The van der Waals surface area contributed by atoms with E-state index in [1.54, 1.807) is 0 Å². The highest BCUT2D eigenvalue weighted by molar-refractivity contribution is 6.69. The van der Waals surface area contributed by atoms with Crippen LogP contribution < -0.4 is 0 Å². The standard InChI is InChI=1S/C3HCl2NO/c4-3(5)1-6-2(3)7/h1H. The molecule has 0 bridgehead atoms. The van der Waals surface area contributed by atoms with Crippen molar-refractivity contribution in [1.82, 2.24) is 0 Å². The fraction of sp³-hybridized carbons (Fsp3) is 0.333. The molecule has 0 unspecified atom stereocenters. The zero-order valence-electron chi connectivity index (χ0n) is 3.19. The summed E-state index contributed by atoms with van der Waals surface area (Å²) in [5.41, 5.74) is 0. The molecule has 1 aliphatic heterocycles. The van der Waals surface area contributed by atoms with Crippen molar-refractivity contribution in [1.29, 1.82) is 0 Å². The lowest BCUT2D eigenvalue weighted by atomic mass is 10.3. The van der Waals surface area contributed by atoms with Gasteiger partial charge in [0.25, 0.3) is 5.91 Å². The molecule has 0 aromatic heterocycles. The fourth-order valence-corrected chi connectivity index (χ4v) is 0.410. The van der Waals surface area contributed by atoms with Crippen LogP contribution >= 0.6 is 23.2 Å². The van der Waals surface area contributed by atoms with E-state index in [-0.39, 0.29) is 0 Å². The van der Waals surface area contributed by atoms with Crippen molar-refractivity contribution >= 4 is 35.3 Å². The highest BCUT2D eigenvalue weighted by Crippen LogP contribution is 2.25. The number of nitrogens with zero attached hydrogens (tertiary/aromatic N) is 1. The Balaban J connectivity index is 2.83. The fourth-order valence-electron chi connectivity index (χ4n) is 0.215. The first-order chi connectivity index (χ1) is 3.13. The van der Waals surface area contributed by atoms with E-state index in [9.17, 15) is 4.79 Å². The van der Waals surface area contributed by atoms with Crippen LogP contribution in [0.15, 0.2) is 4.99 Å². The summed E-state index contributed by atoms with van der Waals surface area (Å²) in [6.45, 7) is 0. The minimum Gasteiger partial charge on any atom is -0.269 e. The zero-order chi connectivity index (χ0) is 5.49. The molecule has 1 heterocycles. The lowest BCUT2D eigenvalue weighted by molar-refractivity contribution is -0.118. The van der Waals surface area contributed by atoms with Crippen LogP contribution in [-0.2, 0) is 4.79 Å². The molecule has 0 saturated heterocycles. The number of aliphatic imine (C=N–C) groups is 1. The summed E-state index contributed by atoms with van der Waals surface area (Å²) in [7, 11) is 0. The van der Waals surface area contributed by atoms with E-state index in [0.29, 0.717) is 0 Å². The summed E-state index contributed by atoms with van der Waals surface area (Å²) in [6.07, 6.45) is 1.19. The molecule has 0 N–H and O–H groups in total. The summed E-state index contributed by atoms with van der Waals surface area (Å²) < 4.78 is -1.31. The van der Waals surface area contributed by atoms with Crippen LogP contribution in [0, 0.1) is 0 Å². The van der Waals surface area contributed by atoms with Gasteiger partial charge in [0.05, 0.1) is 6.21 Å². The van der Waals surface area contributed by atoms with E-state index in [1.165, 1.54) is 6.21 Å². The molecule has 1 rings (SSSR count). The van der Waals surface area contributed by atoms with Crippen LogP contribution in [-0.4, -0.2) is 16.5 Å². The van der Waals surface area contributed by atoms with Gasteiger partial charge in [0.2, 0.25) is 4.33 Å². The Hall–Kier alpha value is -0.0800. The van der Waals surface area contributed by atoms with Gasteiger partial charge < -0.3 is 0 Å². The molecule has 0 atom stereocenters. The maximum absolute atomic E-state index is 10.1. The summed E-state index contributed by atoms with van der Waals surface area (Å²) in [4.78, 5) is 13.3. The Labute approximate surface area is 50.1 Å². The molecule has 0 aromatic rings. The van der Waals surface area contributed by atoms with Gasteiger partial charge in [0.1, 0.15) is 0 Å². The number of amides is 1. The Morgan fingerprint density at radius 3 is 2.14 bits per heavy atom. The van der Waals surface area contributed by atoms with Gasteiger partial charge in [-0.3, -0.25) is 4.79 Å². The van der Waals surface area contributed by atoms with E-state index in [4.69, 9.17) is 23.2 Å². The number of hydrogen-bond acceptors (Lipinski definition) is 1. The number of carbonyl (C=O) groups excluding carboxylic acids is 1. The Morgan fingerprint density at radius 1 is 1.71 bits per heavy atom. The normalized spacial score (nSPS) is 24.6. The average Bonchev–Trinajstić information content (AvgIpc) is 1.63. The second-order valence-corrected chi connectivity index (χ2v) is 2.57. The number of carbonyl (C=O) groups is 1. The predicted molar refractivity (Wildman–Crippen MR) is 27.9 cm³/mol. The Bertz CT molecular complexity index is 140. The minimum atomic E-state index is -1.31. The van der Waals surface area contributed by atoms with Crippen molar-refractivity contribution in [2.24, 2.45) is 4.99 Å². The van der Waals surface area contributed by atoms with Gasteiger partial charge in [-0.25, -0.2) is 4.99 Å². The van der Waals surface area contributed by atoms with Crippen LogP contribution in [0.25, 0.3) is 0 Å². The molecule has 0 fully saturated rings. The van der Waals surface area contributed by atoms with Crippen molar-refractivity contribution in [2.75, 3.05) is 0 Å². The van der Waals surface area contributed by atoms with Gasteiger partial charge in [-0.1, -0.05) is 23.2 Å². The van der Waals surface area contributed by atoms with E-state index in [2.05, 4.69) is 4.99 Å². The maximum Gasteiger partial charge on any atom is 0.287 e. The third-order valence-electron chi connectivity index (χ3n) is 0.629. The van der Waals surface area contributed by atoms with E-state index in [0.717, 1.165) is 0 Å². The third-order valence-corrected chi connectivity index (χ3v) is 1.15. The molecule has 7 heavy (non-hydrogen) atoms. The van der Waals surface area contributed by atoms with Crippen molar-refractivity contribution in [3.8, 4) is 0 Å². The van der Waals surface area contributed by atoms with Gasteiger partial charge in [-0.15, -0.1) is 0 Å². The van der Waals surface area contributed by atoms with E-state index >= 15 is 0 Å². The van der Waals surface area contributed by atoms with Crippen molar-refractivity contribution in [3.05, 3.63) is 0 Å². The first kappa shape index (κ1) is 5.06. The van der Waals surface area contributed by atoms with Gasteiger partial charge >= 0.3 is 0 Å². The SMILES string of the molecule is O=C1N=CC1(Cl)Cl. The molecule has 0 radical (unpaired) electrons. The molecule has 0 aliphatic carbocycles. The molecule has 2 nitrogen and oxygen atoms in total. The Morgan fingerprint density at radius 2 is 2.14 bits per heavy atom. The lowest BCUT2D eigenvalue weighted by Crippen LogP contribution is -2.34. The summed E-state index contributed by atoms with van der Waals surface area (Å²) in [5, 5.41) is 0.